The van der Waals surface area contributed by atoms with Crippen LogP contribution in [0.1, 0.15) is 51.5 Å². The van der Waals surface area contributed by atoms with Crippen molar-refractivity contribution in [3.8, 4) is 5.75 Å². The van der Waals surface area contributed by atoms with Crippen LogP contribution in [0.2, 0.25) is 0 Å². The zero-order valence-electron chi connectivity index (χ0n) is 13.8. The zero-order valence-corrected chi connectivity index (χ0v) is 13.8. The summed E-state index contributed by atoms with van der Waals surface area (Å²) in [5, 5.41) is 3.53. The van der Waals surface area contributed by atoms with Crippen molar-refractivity contribution in [3.63, 3.8) is 0 Å². The van der Waals surface area contributed by atoms with Gasteiger partial charge < -0.3 is 14.8 Å². The molecule has 1 saturated carbocycles. The number of nitrogens with one attached hydrogen (secondary N) is 1. The first kappa shape index (κ1) is 16.3. The highest BCUT2D eigenvalue weighted by molar-refractivity contribution is 5.36. The summed E-state index contributed by atoms with van der Waals surface area (Å²) >= 11 is 0. The second kappa shape index (κ2) is 7.81. The van der Waals surface area contributed by atoms with Crippen LogP contribution in [0.5, 0.6) is 5.75 Å². The van der Waals surface area contributed by atoms with E-state index in [0.29, 0.717) is 12.0 Å². The summed E-state index contributed by atoms with van der Waals surface area (Å²) in [5.74, 6) is 1.55. The first-order valence-electron chi connectivity index (χ1n) is 8.23. The molecule has 0 radical (unpaired) electrons. The van der Waals surface area contributed by atoms with Crippen LogP contribution in [0.15, 0.2) is 24.3 Å². The molecule has 21 heavy (non-hydrogen) atoms. The van der Waals surface area contributed by atoms with E-state index in [2.05, 4.69) is 50.4 Å². The number of hydrogen-bond acceptors (Lipinski definition) is 3. The molecule has 0 bridgehead atoms. The van der Waals surface area contributed by atoms with Gasteiger partial charge in [-0.3, -0.25) is 0 Å². The van der Waals surface area contributed by atoms with Gasteiger partial charge >= 0.3 is 0 Å². The van der Waals surface area contributed by atoms with Gasteiger partial charge in [0.1, 0.15) is 18.0 Å². The van der Waals surface area contributed by atoms with Gasteiger partial charge in [0.15, 0.2) is 0 Å². The van der Waals surface area contributed by atoms with Crippen LogP contribution in [0.4, 0.5) is 0 Å². The second-order valence-electron chi connectivity index (χ2n) is 6.00. The lowest BCUT2D eigenvalue weighted by atomic mass is 9.85. The molecule has 1 aromatic rings. The van der Waals surface area contributed by atoms with Crippen LogP contribution >= 0.6 is 0 Å². The number of rotatable bonds is 8. The van der Waals surface area contributed by atoms with E-state index in [1.54, 1.807) is 7.11 Å². The monoisotopic (exact) mass is 291 g/mol. The Bertz CT molecular complexity index is 435. The lowest BCUT2D eigenvalue weighted by Crippen LogP contribution is -2.61. The molecule has 1 fully saturated rings. The molecule has 0 aliphatic heterocycles. The van der Waals surface area contributed by atoms with Crippen LogP contribution in [0, 0.1) is 0 Å². The van der Waals surface area contributed by atoms with Crippen molar-refractivity contribution in [1.29, 1.82) is 0 Å². The Morgan fingerprint density at radius 3 is 2.71 bits per heavy atom. The normalized spacial score (nSPS) is 26.2. The number of methoxy groups -OCH3 is 1. The number of para-hydroxylation sites is 1. The van der Waals surface area contributed by atoms with Gasteiger partial charge in [-0.1, -0.05) is 39.0 Å². The lowest BCUT2D eigenvalue weighted by molar-refractivity contribution is -0.0890. The Morgan fingerprint density at radius 1 is 1.29 bits per heavy atom. The highest BCUT2D eigenvalue weighted by Gasteiger charge is 2.43. The van der Waals surface area contributed by atoms with Gasteiger partial charge in [-0.25, -0.2) is 0 Å². The quantitative estimate of drug-likeness (QED) is 0.791. The molecule has 2 rings (SSSR count). The summed E-state index contributed by atoms with van der Waals surface area (Å²) in [5.41, 5.74) is 1.31. The molecule has 0 spiro atoms. The molecule has 1 aliphatic rings. The van der Waals surface area contributed by atoms with Gasteiger partial charge in [0.25, 0.3) is 0 Å². The van der Waals surface area contributed by atoms with Crippen molar-refractivity contribution in [3.05, 3.63) is 29.8 Å². The average molecular weight is 291 g/mol. The molecular weight excluding hydrogens is 262 g/mol. The minimum absolute atomic E-state index is 0.154. The van der Waals surface area contributed by atoms with Gasteiger partial charge in [-0.05, 0) is 36.9 Å². The molecule has 1 aliphatic carbocycles. The van der Waals surface area contributed by atoms with Gasteiger partial charge in [0.05, 0.1) is 0 Å². The second-order valence-corrected chi connectivity index (χ2v) is 6.00. The first-order chi connectivity index (χ1) is 10.2. The molecule has 1 N–H and O–H groups in total. The fourth-order valence-electron chi connectivity index (χ4n) is 2.92. The topological polar surface area (TPSA) is 30.5 Å². The Balaban J connectivity index is 1.99. The summed E-state index contributed by atoms with van der Waals surface area (Å²) in [6, 6.07) is 8.83. The maximum Gasteiger partial charge on any atom is 0.128 e. The minimum Gasteiger partial charge on any atom is -0.487 e. The molecule has 0 heterocycles. The fourth-order valence-corrected chi connectivity index (χ4v) is 2.92. The number of benzene rings is 1. The lowest BCUT2D eigenvalue weighted by Gasteiger charge is -2.44. The number of hydrogen-bond donors (Lipinski definition) is 1. The maximum absolute atomic E-state index is 6.25. The van der Waals surface area contributed by atoms with Gasteiger partial charge in [0, 0.05) is 19.6 Å². The fraction of sp³-hybridized carbons (Fsp3) is 0.667. The minimum atomic E-state index is 0.154. The third kappa shape index (κ3) is 3.78. The zero-order chi connectivity index (χ0) is 15.2. The van der Waals surface area contributed by atoms with Crippen LogP contribution in [-0.2, 0) is 4.74 Å². The summed E-state index contributed by atoms with van der Waals surface area (Å²) in [4.78, 5) is 0. The molecule has 0 aromatic heterocycles. The van der Waals surface area contributed by atoms with E-state index in [1.807, 2.05) is 0 Å². The van der Waals surface area contributed by atoms with E-state index in [1.165, 1.54) is 5.56 Å². The van der Waals surface area contributed by atoms with E-state index in [0.717, 1.165) is 31.6 Å². The van der Waals surface area contributed by atoms with Crippen molar-refractivity contribution in [1.82, 2.24) is 5.32 Å². The summed E-state index contributed by atoms with van der Waals surface area (Å²) in [6.07, 6.45) is 3.61. The van der Waals surface area contributed by atoms with Crippen molar-refractivity contribution >= 4 is 0 Å². The van der Waals surface area contributed by atoms with Crippen molar-refractivity contribution in [2.75, 3.05) is 13.7 Å². The van der Waals surface area contributed by atoms with Crippen molar-refractivity contribution in [2.45, 2.75) is 64.2 Å². The molecule has 4 atom stereocenters. The standard InChI is InChI=1S/C18H29NO2/c1-5-11-19-15-12-17(18(15)20-4)21-16-10-8-7-9-14(16)13(3)6-2/h7-10,13,15,17-19H,5-6,11-12H2,1-4H3. The van der Waals surface area contributed by atoms with E-state index in [-0.39, 0.29) is 12.2 Å². The molecular formula is C18H29NO2. The molecule has 4 unspecified atom stereocenters. The first-order valence-corrected chi connectivity index (χ1v) is 8.23. The largest absolute Gasteiger partial charge is 0.487 e. The predicted molar refractivity (Wildman–Crippen MR) is 87.1 cm³/mol. The predicted octanol–water partition coefficient (Wildman–Crippen LogP) is 3.73. The highest BCUT2D eigenvalue weighted by Crippen LogP contribution is 2.34. The van der Waals surface area contributed by atoms with Crippen LogP contribution in [-0.4, -0.2) is 31.9 Å². The average Bonchev–Trinajstić information content (AvgIpc) is 2.50. The van der Waals surface area contributed by atoms with Crippen LogP contribution in [0.3, 0.4) is 0 Å². The third-order valence-electron chi connectivity index (χ3n) is 4.52. The van der Waals surface area contributed by atoms with E-state index >= 15 is 0 Å². The molecule has 0 saturated heterocycles. The summed E-state index contributed by atoms with van der Waals surface area (Å²) in [6.45, 7) is 7.69. The van der Waals surface area contributed by atoms with Crippen LogP contribution < -0.4 is 10.1 Å². The Hall–Kier alpha value is -1.06. The van der Waals surface area contributed by atoms with E-state index < -0.39 is 0 Å². The third-order valence-corrected chi connectivity index (χ3v) is 4.52. The van der Waals surface area contributed by atoms with Gasteiger partial charge in [-0.2, -0.15) is 0 Å². The highest BCUT2D eigenvalue weighted by atomic mass is 16.5. The molecule has 1 aromatic carbocycles. The smallest absolute Gasteiger partial charge is 0.128 e. The van der Waals surface area contributed by atoms with Gasteiger partial charge in [-0.15, -0.1) is 0 Å². The molecule has 118 valence electrons. The molecule has 0 amide bonds. The Kier molecular flexibility index (Phi) is 6.07. The SMILES string of the molecule is CCCNC1CC(Oc2ccccc2C(C)CC)C1OC. The van der Waals surface area contributed by atoms with Crippen molar-refractivity contribution < 1.29 is 9.47 Å². The Labute approximate surface area is 129 Å². The maximum atomic E-state index is 6.25. The van der Waals surface area contributed by atoms with Gasteiger partial charge in [0.2, 0.25) is 0 Å². The molecule has 3 nitrogen and oxygen atoms in total. The summed E-state index contributed by atoms with van der Waals surface area (Å²) < 4.78 is 11.9. The van der Waals surface area contributed by atoms with E-state index in [4.69, 9.17) is 9.47 Å². The van der Waals surface area contributed by atoms with Crippen molar-refractivity contribution in [2.24, 2.45) is 0 Å². The van der Waals surface area contributed by atoms with Crippen LogP contribution in [0.25, 0.3) is 0 Å². The Morgan fingerprint density at radius 2 is 2.05 bits per heavy atom. The summed E-state index contributed by atoms with van der Waals surface area (Å²) in [7, 11) is 1.78. The number of ether oxygens (including phenoxy) is 2. The molecule has 3 heteroatoms. The van der Waals surface area contributed by atoms with E-state index in [9.17, 15) is 0 Å².